The highest BCUT2D eigenvalue weighted by molar-refractivity contribution is 9.10. The van der Waals surface area contributed by atoms with E-state index in [2.05, 4.69) is 21.2 Å². The van der Waals surface area contributed by atoms with Crippen LogP contribution in [0.1, 0.15) is 22.0 Å². The van der Waals surface area contributed by atoms with Crippen LogP contribution in [0.15, 0.2) is 59.1 Å². The van der Waals surface area contributed by atoms with Gasteiger partial charge in [-0.15, -0.1) is 0 Å². The fraction of sp³-hybridized carbons (Fsp3) is 0.235. The van der Waals surface area contributed by atoms with E-state index in [9.17, 15) is 4.79 Å². The Balaban J connectivity index is 0.000000597. The quantitative estimate of drug-likeness (QED) is 0.569. The van der Waals surface area contributed by atoms with Crippen LogP contribution >= 0.6 is 15.9 Å². The standard InChI is InChI=1S/C17H18BrNO2.ClHO4/c1-19-15(16(20)12-8-10-14(18)11-9-12)17(21-2)13-6-4-3-5-7-13;2-1(3,4)5/h3-11,15,17,19H,1-2H3;(H,2,3,4,5). The number of nitrogens with one attached hydrogen (secondary N) is 1. The number of carbonyl (C=O) groups is 1. The number of Topliss-reactive ketones (excluding diaryl/α,β-unsaturated/α-hetero) is 1. The van der Waals surface area contributed by atoms with Gasteiger partial charge in [0.1, 0.15) is 12.1 Å². The molecule has 0 aliphatic heterocycles. The SMILES string of the molecule is CNC(C(=O)c1ccc(Br)cc1)C(OC)c1ccccc1.[O-][Cl+3]([O-])([O-])O. The third-order valence-electron chi connectivity index (χ3n) is 3.41. The molecular weight excluding hydrogens is 430 g/mol. The highest BCUT2D eigenvalue weighted by Gasteiger charge is 2.28. The molecule has 0 aromatic heterocycles. The number of rotatable bonds is 6. The van der Waals surface area contributed by atoms with Crippen molar-refractivity contribution in [2.24, 2.45) is 0 Å². The Hall–Kier alpha value is -1.36. The second-order valence-corrected chi connectivity index (χ2v) is 6.81. The molecule has 0 fully saturated rings. The highest BCUT2D eigenvalue weighted by atomic mass is 79.9. The molecule has 2 unspecified atom stereocenters. The molecule has 2 aromatic carbocycles. The zero-order valence-corrected chi connectivity index (χ0v) is 16.4. The Morgan fingerprint density at radius 2 is 1.62 bits per heavy atom. The minimum absolute atomic E-state index is 0.0145. The summed E-state index contributed by atoms with van der Waals surface area (Å²) >= 11 is 3.38. The maximum Gasteiger partial charge on any atom is 0.182 e. The Morgan fingerprint density at radius 1 is 1.12 bits per heavy atom. The molecule has 0 bridgehead atoms. The minimum atomic E-state index is -4.69. The summed E-state index contributed by atoms with van der Waals surface area (Å²) in [5.41, 5.74) is 1.64. The summed E-state index contributed by atoms with van der Waals surface area (Å²) < 4.78 is 39.2. The summed E-state index contributed by atoms with van der Waals surface area (Å²) in [7, 11) is -1.30. The van der Waals surface area contributed by atoms with E-state index >= 15 is 0 Å². The summed E-state index contributed by atoms with van der Waals surface area (Å²) in [6.45, 7) is 0. The number of halogens is 2. The molecule has 2 atom stereocenters. The molecule has 9 heteroatoms. The molecule has 0 saturated heterocycles. The van der Waals surface area contributed by atoms with E-state index in [0.29, 0.717) is 5.56 Å². The van der Waals surface area contributed by atoms with Gasteiger partial charge in [0.05, 0.1) is 14.9 Å². The predicted octanol–water partition coefficient (Wildman–Crippen LogP) is -0.516. The Morgan fingerprint density at radius 3 is 2.04 bits per heavy atom. The first-order valence-corrected chi connectivity index (χ1v) is 9.41. The number of ether oxygens (including phenoxy) is 1. The lowest BCUT2D eigenvalue weighted by molar-refractivity contribution is -1.92. The van der Waals surface area contributed by atoms with Crippen molar-refractivity contribution in [3.8, 4) is 0 Å². The van der Waals surface area contributed by atoms with Crippen LogP contribution in [-0.2, 0) is 4.74 Å². The van der Waals surface area contributed by atoms with Crippen LogP contribution in [0.3, 0.4) is 0 Å². The smallest absolute Gasteiger partial charge is 0.182 e. The molecule has 26 heavy (non-hydrogen) atoms. The first kappa shape index (κ1) is 22.7. The topological polar surface area (TPSA) is 128 Å². The van der Waals surface area contributed by atoms with Gasteiger partial charge in [-0.05, 0) is 24.7 Å². The van der Waals surface area contributed by atoms with E-state index in [0.717, 1.165) is 10.0 Å². The van der Waals surface area contributed by atoms with Gasteiger partial charge in [-0.25, -0.2) is 0 Å². The van der Waals surface area contributed by atoms with Gasteiger partial charge < -0.3 is 10.1 Å². The van der Waals surface area contributed by atoms with E-state index in [1.807, 2.05) is 54.6 Å². The monoisotopic (exact) mass is 447 g/mol. The second-order valence-electron chi connectivity index (χ2n) is 5.10. The van der Waals surface area contributed by atoms with Crippen molar-refractivity contribution < 1.29 is 38.4 Å². The number of methoxy groups -OCH3 is 1. The molecule has 0 radical (unpaired) electrons. The molecule has 0 saturated carbocycles. The van der Waals surface area contributed by atoms with Crippen LogP contribution in [0.4, 0.5) is 0 Å². The molecule has 142 valence electrons. The van der Waals surface area contributed by atoms with Crippen molar-refractivity contribution in [3.05, 3.63) is 70.2 Å². The lowest BCUT2D eigenvalue weighted by Gasteiger charge is -2.25. The molecule has 0 amide bonds. The van der Waals surface area contributed by atoms with Crippen molar-refractivity contribution >= 4 is 21.7 Å². The average molecular weight is 449 g/mol. The molecular formula is C17H19BrClNO6. The maximum absolute atomic E-state index is 12.7. The predicted molar refractivity (Wildman–Crippen MR) is 89.7 cm³/mol. The van der Waals surface area contributed by atoms with Gasteiger partial charge in [0, 0.05) is 17.1 Å². The molecule has 0 aliphatic carbocycles. The van der Waals surface area contributed by atoms with Crippen LogP contribution in [0.5, 0.6) is 0 Å². The fourth-order valence-corrected chi connectivity index (χ4v) is 2.59. The molecule has 7 nitrogen and oxygen atoms in total. The minimum Gasteiger partial charge on any atom is -0.375 e. The highest BCUT2D eigenvalue weighted by Crippen LogP contribution is 2.23. The maximum atomic E-state index is 12.7. The number of hydrogen-bond donors (Lipinski definition) is 2. The van der Waals surface area contributed by atoms with Gasteiger partial charge in [-0.2, -0.15) is 14.0 Å². The van der Waals surface area contributed by atoms with Crippen molar-refractivity contribution in [1.29, 1.82) is 0 Å². The van der Waals surface area contributed by atoms with Crippen LogP contribution < -0.4 is 19.3 Å². The summed E-state index contributed by atoms with van der Waals surface area (Å²) in [6.07, 6.45) is -0.327. The summed E-state index contributed by atoms with van der Waals surface area (Å²) in [6, 6.07) is 16.7. The van der Waals surface area contributed by atoms with Crippen LogP contribution in [0, 0.1) is 10.2 Å². The van der Waals surface area contributed by atoms with Gasteiger partial charge in [0.15, 0.2) is 5.78 Å². The summed E-state index contributed by atoms with van der Waals surface area (Å²) in [5.74, 6) is 0.0145. The molecule has 0 aliphatic rings. The van der Waals surface area contributed by atoms with E-state index in [1.54, 1.807) is 14.2 Å². The number of benzene rings is 2. The van der Waals surface area contributed by atoms with Gasteiger partial charge in [-0.1, -0.05) is 58.4 Å². The molecule has 2 aromatic rings. The molecule has 2 N–H and O–H groups in total. The van der Waals surface area contributed by atoms with Crippen LogP contribution in [0.25, 0.3) is 0 Å². The summed E-state index contributed by atoms with van der Waals surface area (Å²) in [4.78, 5) is 12.7. The van der Waals surface area contributed by atoms with Crippen LogP contribution in [0.2, 0.25) is 0 Å². The van der Waals surface area contributed by atoms with E-state index in [-0.39, 0.29) is 11.9 Å². The Kier molecular flexibility index (Phi) is 9.34. The number of hydrogen-bond acceptors (Lipinski definition) is 7. The van der Waals surface area contributed by atoms with Crippen molar-refractivity contribution in [3.63, 3.8) is 0 Å². The van der Waals surface area contributed by atoms with E-state index < -0.39 is 16.3 Å². The number of ketones is 1. The van der Waals surface area contributed by atoms with E-state index in [4.69, 9.17) is 23.4 Å². The molecule has 2 rings (SSSR count). The average Bonchev–Trinajstić information content (AvgIpc) is 2.59. The zero-order chi connectivity index (χ0) is 19.7. The lowest BCUT2D eigenvalue weighted by atomic mass is 9.95. The number of carbonyl (C=O) groups excluding carboxylic acids is 1. The van der Waals surface area contributed by atoms with E-state index in [1.165, 1.54) is 0 Å². The zero-order valence-electron chi connectivity index (χ0n) is 14.1. The van der Waals surface area contributed by atoms with Crippen molar-refractivity contribution in [2.75, 3.05) is 14.2 Å². The van der Waals surface area contributed by atoms with Crippen molar-refractivity contribution in [1.82, 2.24) is 5.32 Å². The van der Waals surface area contributed by atoms with Gasteiger partial charge >= 0.3 is 0 Å². The fourth-order valence-electron chi connectivity index (χ4n) is 2.32. The Bertz CT molecular complexity index is 672. The van der Waals surface area contributed by atoms with Gasteiger partial charge in [0.2, 0.25) is 0 Å². The second kappa shape index (κ2) is 10.7. The van der Waals surface area contributed by atoms with Crippen LogP contribution in [-0.4, -0.2) is 30.6 Å². The van der Waals surface area contributed by atoms with Gasteiger partial charge in [0.25, 0.3) is 0 Å². The lowest BCUT2D eigenvalue weighted by Crippen LogP contribution is -2.58. The summed E-state index contributed by atoms with van der Waals surface area (Å²) in [5, 5.41) is 3.08. The van der Waals surface area contributed by atoms with Gasteiger partial charge in [-0.3, -0.25) is 4.79 Å². The normalized spacial score (nSPS) is 13.3. The first-order chi connectivity index (χ1) is 12.2. The third kappa shape index (κ3) is 7.90. The third-order valence-corrected chi connectivity index (χ3v) is 3.94. The van der Waals surface area contributed by atoms with Crippen molar-refractivity contribution in [2.45, 2.75) is 12.1 Å². The Labute approximate surface area is 162 Å². The first-order valence-electron chi connectivity index (χ1n) is 7.35. The molecule has 0 heterocycles. The number of likely N-dealkylation sites (N-methyl/N-ethyl adjacent to an activating group) is 1. The largest absolute Gasteiger partial charge is 0.375 e. The molecule has 0 spiro atoms.